The number of nitrogens with two attached hydrogens (primary N) is 1. The number of hydrogen-bond acceptors (Lipinski definition) is 2. The SMILES string of the molecule is NC(=O)N/N=C1\CC2CC3CC(C2)C1C3. The summed E-state index contributed by atoms with van der Waals surface area (Å²) in [6.07, 6.45) is 6.52. The molecule has 4 atom stereocenters. The predicted molar refractivity (Wildman–Crippen MR) is 57.2 cm³/mol. The third kappa shape index (κ3) is 1.52. The molecule has 2 amide bonds. The van der Waals surface area contributed by atoms with Gasteiger partial charge in [-0.3, -0.25) is 0 Å². The monoisotopic (exact) mass is 207 g/mol. The van der Waals surface area contributed by atoms with Gasteiger partial charge in [0.2, 0.25) is 0 Å². The highest BCUT2D eigenvalue weighted by Gasteiger charge is 2.47. The Kier molecular flexibility index (Phi) is 1.97. The van der Waals surface area contributed by atoms with Gasteiger partial charge in [0.05, 0.1) is 0 Å². The van der Waals surface area contributed by atoms with E-state index in [4.69, 9.17) is 5.73 Å². The Morgan fingerprint density at radius 3 is 2.87 bits per heavy atom. The lowest BCUT2D eigenvalue weighted by Gasteiger charge is -2.34. The quantitative estimate of drug-likeness (QED) is 0.628. The van der Waals surface area contributed by atoms with Gasteiger partial charge in [0.25, 0.3) is 0 Å². The van der Waals surface area contributed by atoms with Gasteiger partial charge in [0.1, 0.15) is 0 Å². The van der Waals surface area contributed by atoms with Crippen LogP contribution in [0.5, 0.6) is 0 Å². The number of primary amides is 1. The van der Waals surface area contributed by atoms with Crippen LogP contribution in [-0.4, -0.2) is 11.7 Å². The Labute approximate surface area is 89.3 Å². The molecule has 3 aliphatic rings. The molecule has 0 radical (unpaired) electrons. The number of rotatable bonds is 1. The first-order chi connectivity index (χ1) is 7.22. The maximum Gasteiger partial charge on any atom is 0.332 e. The normalized spacial score (nSPS) is 44.7. The molecule has 3 rings (SSSR count). The number of nitrogens with zero attached hydrogens (tertiary/aromatic N) is 1. The maximum atomic E-state index is 10.6. The van der Waals surface area contributed by atoms with Crippen molar-refractivity contribution < 1.29 is 4.79 Å². The molecule has 0 aromatic carbocycles. The third-order valence-corrected chi connectivity index (χ3v) is 4.33. The molecule has 3 fully saturated rings. The fourth-order valence-corrected chi connectivity index (χ4v) is 3.97. The number of carbonyl (C=O) groups excluding carboxylic acids is 1. The Morgan fingerprint density at radius 1 is 1.27 bits per heavy atom. The maximum absolute atomic E-state index is 10.6. The Bertz CT molecular complexity index is 324. The summed E-state index contributed by atoms with van der Waals surface area (Å²) in [5, 5.41) is 4.19. The van der Waals surface area contributed by atoms with Crippen molar-refractivity contribution in [2.45, 2.75) is 32.1 Å². The van der Waals surface area contributed by atoms with Crippen molar-refractivity contribution in [2.24, 2.45) is 34.5 Å². The standard InChI is InChI=1S/C11H17N3O/c12-11(15)14-13-10-5-7-1-6-2-8(3-7)9(10)4-6/h6-9H,1-5H2,(H3,12,14,15)/b13-10+. The summed E-state index contributed by atoms with van der Waals surface area (Å²) in [7, 11) is 0. The van der Waals surface area contributed by atoms with E-state index in [1.165, 1.54) is 31.4 Å². The van der Waals surface area contributed by atoms with Crippen LogP contribution in [0, 0.1) is 23.7 Å². The zero-order chi connectivity index (χ0) is 10.4. The van der Waals surface area contributed by atoms with Crippen molar-refractivity contribution in [3.63, 3.8) is 0 Å². The molecule has 0 aromatic rings. The molecule has 0 saturated heterocycles. The van der Waals surface area contributed by atoms with Crippen LogP contribution in [0.2, 0.25) is 0 Å². The zero-order valence-electron chi connectivity index (χ0n) is 8.78. The molecular weight excluding hydrogens is 190 g/mol. The van der Waals surface area contributed by atoms with E-state index in [-0.39, 0.29) is 0 Å². The largest absolute Gasteiger partial charge is 0.350 e. The summed E-state index contributed by atoms with van der Waals surface area (Å²) in [6.45, 7) is 0. The van der Waals surface area contributed by atoms with Crippen LogP contribution < -0.4 is 11.2 Å². The molecule has 0 aromatic heterocycles. The second-order valence-corrected chi connectivity index (χ2v) is 5.32. The summed E-state index contributed by atoms with van der Waals surface area (Å²) in [5.74, 6) is 3.23. The van der Waals surface area contributed by atoms with Crippen LogP contribution in [-0.2, 0) is 0 Å². The molecule has 3 bridgehead atoms. The Hall–Kier alpha value is -1.06. The Morgan fingerprint density at radius 2 is 2.07 bits per heavy atom. The van der Waals surface area contributed by atoms with Crippen LogP contribution in [0.4, 0.5) is 4.79 Å². The van der Waals surface area contributed by atoms with Gasteiger partial charge in [0.15, 0.2) is 0 Å². The lowest BCUT2D eigenvalue weighted by molar-refractivity contribution is 0.240. The van der Waals surface area contributed by atoms with E-state index in [0.717, 1.165) is 24.2 Å². The molecule has 0 aliphatic heterocycles. The van der Waals surface area contributed by atoms with Gasteiger partial charge in [-0.15, -0.1) is 0 Å². The highest BCUT2D eigenvalue weighted by molar-refractivity contribution is 5.89. The zero-order valence-corrected chi connectivity index (χ0v) is 8.78. The van der Waals surface area contributed by atoms with Gasteiger partial charge in [-0.05, 0) is 49.9 Å². The van der Waals surface area contributed by atoms with Crippen molar-refractivity contribution in [3.8, 4) is 0 Å². The molecular formula is C11H17N3O. The summed E-state index contributed by atoms with van der Waals surface area (Å²) >= 11 is 0. The number of hydrazone groups is 1. The molecule has 4 heteroatoms. The second kappa shape index (κ2) is 3.22. The fraction of sp³-hybridized carbons (Fsp3) is 0.818. The van der Waals surface area contributed by atoms with E-state index in [0.29, 0.717) is 5.92 Å². The average molecular weight is 207 g/mol. The smallest absolute Gasteiger partial charge is 0.332 e. The first-order valence-electron chi connectivity index (χ1n) is 5.84. The van der Waals surface area contributed by atoms with Gasteiger partial charge < -0.3 is 5.73 Å². The van der Waals surface area contributed by atoms with Crippen LogP contribution in [0.1, 0.15) is 32.1 Å². The second-order valence-electron chi connectivity index (χ2n) is 5.32. The number of amides is 2. The van der Waals surface area contributed by atoms with E-state index in [9.17, 15) is 4.79 Å². The molecule has 3 aliphatic carbocycles. The minimum Gasteiger partial charge on any atom is -0.350 e. The molecule has 15 heavy (non-hydrogen) atoms. The van der Waals surface area contributed by atoms with Gasteiger partial charge in [0, 0.05) is 11.6 Å². The third-order valence-electron chi connectivity index (χ3n) is 4.33. The minimum absolute atomic E-state index is 0.546. The number of nitrogens with one attached hydrogen (secondary N) is 1. The lowest BCUT2D eigenvalue weighted by Crippen LogP contribution is -2.33. The van der Waals surface area contributed by atoms with E-state index in [1.54, 1.807) is 0 Å². The van der Waals surface area contributed by atoms with Gasteiger partial charge >= 0.3 is 6.03 Å². The van der Waals surface area contributed by atoms with E-state index < -0.39 is 6.03 Å². The van der Waals surface area contributed by atoms with Gasteiger partial charge in [-0.2, -0.15) is 5.10 Å². The molecule has 4 unspecified atom stereocenters. The van der Waals surface area contributed by atoms with E-state index in [1.807, 2.05) is 0 Å². The first kappa shape index (κ1) is 9.19. The van der Waals surface area contributed by atoms with Crippen molar-refractivity contribution >= 4 is 11.7 Å². The van der Waals surface area contributed by atoms with E-state index in [2.05, 4.69) is 10.5 Å². The number of hydrogen-bond donors (Lipinski definition) is 2. The van der Waals surface area contributed by atoms with Crippen LogP contribution >= 0.6 is 0 Å². The van der Waals surface area contributed by atoms with Gasteiger partial charge in [-0.1, -0.05) is 0 Å². The predicted octanol–water partition coefficient (Wildman–Crippen LogP) is 1.47. The van der Waals surface area contributed by atoms with Crippen LogP contribution in [0.15, 0.2) is 5.10 Å². The topological polar surface area (TPSA) is 67.5 Å². The number of fused-ring (bicyclic) bond motifs is 2. The molecule has 82 valence electrons. The van der Waals surface area contributed by atoms with Crippen LogP contribution in [0.25, 0.3) is 0 Å². The molecule has 0 spiro atoms. The van der Waals surface area contributed by atoms with Crippen LogP contribution in [0.3, 0.4) is 0 Å². The highest BCUT2D eigenvalue weighted by Crippen LogP contribution is 2.53. The molecule has 4 nitrogen and oxygen atoms in total. The molecule has 3 N–H and O–H groups in total. The summed E-state index contributed by atoms with van der Waals surface area (Å²) in [5.41, 5.74) is 8.63. The summed E-state index contributed by atoms with van der Waals surface area (Å²) in [6, 6.07) is -0.546. The fourth-order valence-electron chi connectivity index (χ4n) is 3.97. The Balaban J connectivity index is 1.81. The summed E-state index contributed by atoms with van der Waals surface area (Å²) in [4.78, 5) is 10.6. The average Bonchev–Trinajstić information content (AvgIpc) is 2.40. The first-order valence-corrected chi connectivity index (χ1v) is 5.84. The summed E-state index contributed by atoms with van der Waals surface area (Å²) < 4.78 is 0. The van der Waals surface area contributed by atoms with Gasteiger partial charge in [-0.25, -0.2) is 10.2 Å². The van der Waals surface area contributed by atoms with Crippen molar-refractivity contribution in [3.05, 3.63) is 0 Å². The van der Waals surface area contributed by atoms with Crippen molar-refractivity contribution in [1.29, 1.82) is 0 Å². The van der Waals surface area contributed by atoms with Crippen molar-refractivity contribution in [1.82, 2.24) is 5.43 Å². The minimum atomic E-state index is -0.546. The molecule has 3 saturated carbocycles. The van der Waals surface area contributed by atoms with E-state index >= 15 is 0 Å². The number of urea groups is 1. The highest BCUT2D eigenvalue weighted by atomic mass is 16.2. The molecule has 0 heterocycles. The lowest BCUT2D eigenvalue weighted by atomic mass is 9.71. The van der Waals surface area contributed by atoms with Crippen molar-refractivity contribution in [2.75, 3.05) is 0 Å². The number of carbonyl (C=O) groups is 1.